The van der Waals surface area contributed by atoms with Gasteiger partial charge in [0.25, 0.3) is 0 Å². The van der Waals surface area contributed by atoms with Crippen molar-refractivity contribution in [1.29, 1.82) is 0 Å². The van der Waals surface area contributed by atoms with Gasteiger partial charge in [0.2, 0.25) is 5.88 Å². The number of aromatic hydroxyl groups is 1. The molecule has 0 spiro atoms. The molecule has 0 bridgehead atoms. The van der Waals surface area contributed by atoms with Gasteiger partial charge in [0.1, 0.15) is 39.9 Å². The first-order valence-corrected chi connectivity index (χ1v) is 15.0. The van der Waals surface area contributed by atoms with Crippen molar-refractivity contribution in [3.05, 3.63) is 142 Å². The number of aryl methyl sites for hydroxylation is 1. The van der Waals surface area contributed by atoms with Gasteiger partial charge in [0, 0.05) is 56.0 Å². The Morgan fingerprint density at radius 1 is 0.778 bits per heavy atom. The van der Waals surface area contributed by atoms with E-state index in [-0.39, 0.29) is 28.2 Å². The number of anilines is 1. The average Bonchev–Trinajstić information content (AvgIpc) is 3.06. The maximum absolute atomic E-state index is 12.9. The van der Waals surface area contributed by atoms with Gasteiger partial charge in [0.05, 0.1) is 6.04 Å². The quantitative estimate of drug-likeness (QED) is 0.211. The van der Waals surface area contributed by atoms with Gasteiger partial charge in [-0.25, -0.2) is 4.98 Å². The topological polar surface area (TPSA) is 91.9 Å². The van der Waals surface area contributed by atoms with Crippen LogP contribution in [0.2, 0.25) is 0 Å². The largest absolute Gasteiger partial charge is 0.507 e. The van der Waals surface area contributed by atoms with Gasteiger partial charge in [-0.05, 0) is 18.1 Å². The molecule has 0 atom stereocenters. The van der Waals surface area contributed by atoms with E-state index in [2.05, 4.69) is 75.4 Å². The van der Waals surface area contributed by atoms with Crippen molar-refractivity contribution < 1.29 is 14.3 Å². The number of hydrogen-bond donors (Lipinski definition) is 1. The highest BCUT2D eigenvalue weighted by molar-refractivity contribution is 5.86. The molecular formula is C37H32N4O4. The number of phenols is 1. The van der Waals surface area contributed by atoms with Crippen LogP contribution in [0.25, 0.3) is 22.3 Å². The van der Waals surface area contributed by atoms with Gasteiger partial charge in [-0.3, -0.25) is 9.69 Å². The van der Waals surface area contributed by atoms with E-state index in [4.69, 9.17) is 14.1 Å². The number of fused-ring (bicyclic) bond motifs is 1. The van der Waals surface area contributed by atoms with E-state index in [9.17, 15) is 9.90 Å². The third-order valence-corrected chi connectivity index (χ3v) is 8.10. The van der Waals surface area contributed by atoms with Gasteiger partial charge in [-0.15, -0.1) is 0 Å². The SMILES string of the molecule is Cc1nc(Oc2cc(O)c3c(=O)cc(-c4ccccc4)oc3c2)cc(N2CCN(C(c3ccccc3)c3ccccc3)CC2)n1. The molecule has 2 aromatic heterocycles. The van der Waals surface area contributed by atoms with Crippen LogP contribution >= 0.6 is 0 Å². The molecule has 0 aliphatic carbocycles. The fraction of sp³-hybridized carbons (Fsp3) is 0.162. The van der Waals surface area contributed by atoms with Gasteiger partial charge in [-0.2, -0.15) is 4.98 Å². The van der Waals surface area contributed by atoms with Crippen LogP contribution in [0.4, 0.5) is 5.82 Å². The summed E-state index contributed by atoms with van der Waals surface area (Å²) in [7, 11) is 0. The summed E-state index contributed by atoms with van der Waals surface area (Å²) < 4.78 is 12.2. The molecule has 8 heteroatoms. The molecule has 224 valence electrons. The highest BCUT2D eigenvalue weighted by atomic mass is 16.5. The van der Waals surface area contributed by atoms with Crippen molar-refractivity contribution in [2.45, 2.75) is 13.0 Å². The van der Waals surface area contributed by atoms with E-state index in [0.29, 0.717) is 23.2 Å². The summed E-state index contributed by atoms with van der Waals surface area (Å²) in [5.41, 5.74) is 3.20. The lowest BCUT2D eigenvalue weighted by molar-refractivity contribution is 0.212. The summed E-state index contributed by atoms with van der Waals surface area (Å²) in [5, 5.41) is 10.8. The maximum Gasteiger partial charge on any atom is 0.224 e. The Kier molecular flexibility index (Phi) is 7.71. The first-order chi connectivity index (χ1) is 22.0. The Hall–Kier alpha value is -5.47. The van der Waals surface area contributed by atoms with Crippen molar-refractivity contribution in [2.24, 2.45) is 0 Å². The molecule has 8 nitrogen and oxygen atoms in total. The molecule has 4 aromatic carbocycles. The van der Waals surface area contributed by atoms with E-state index in [0.717, 1.165) is 37.6 Å². The summed E-state index contributed by atoms with van der Waals surface area (Å²) in [6, 6.07) is 37.0. The predicted molar refractivity (Wildman–Crippen MR) is 175 cm³/mol. The first-order valence-electron chi connectivity index (χ1n) is 15.0. The fourth-order valence-corrected chi connectivity index (χ4v) is 6.00. The zero-order valence-electron chi connectivity index (χ0n) is 24.8. The second-order valence-electron chi connectivity index (χ2n) is 11.1. The zero-order valence-corrected chi connectivity index (χ0v) is 24.8. The van der Waals surface area contributed by atoms with Gasteiger partial charge < -0.3 is 19.2 Å². The van der Waals surface area contributed by atoms with Crippen LogP contribution in [0.3, 0.4) is 0 Å². The third kappa shape index (κ3) is 6.01. The molecular weight excluding hydrogens is 564 g/mol. The summed E-state index contributed by atoms with van der Waals surface area (Å²) in [4.78, 5) is 26.8. The maximum atomic E-state index is 12.9. The van der Waals surface area contributed by atoms with E-state index in [1.807, 2.05) is 43.3 Å². The van der Waals surface area contributed by atoms with Crippen LogP contribution in [0.15, 0.2) is 124 Å². The smallest absolute Gasteiger partial charge is 0.224 e. The number of benzene rings is 4. The molecule has 3 heterocycles. The second-order valence-corrected chi connectivity index (χ2v) is 11.1. The Bertz CT molecular complexity index is 1950. The normalized spacial score (nSPS) is 13.8. The molecule has 1 aliphatic rings. The lowest BCUT2D eigenvalue weighted by Crippen LogP contribution is -2.48. The molecule has 1 fully saturated rings. The summed E-state index contributed by atoms with van der Waals surface area (Å²) in [5.74, 6) is 2.17. The Balaban J connectivity index is 1.12. The Morgan fingerprint density at radius 3 is 2.04 bits per heavy atom. The van der Waals surface area contributed by atoms with Crippen LogP contribution in [0.5, 0.6) is 17.4 Å². The van der Waals surface area contributed by atoms with E-state index in [1.165, 1.54) is 23.3 Å². The molecule has 6 aromatic rings. The lowest BCUT2D eigenvalue weighted by atomic mass is 9.96. The van der Waals surface area contributed by atoms with Crippen LogP contribution in [0.1, 0.15) is 23.0 Å². The van der Waals surface area contributed by atoms with E-state index < -0.39 is 0 Å². The van der Waals surface area contributed by atoms with Crippen molar-refractivity contribution in [2.75, 3.05) is 31.1 Å². The average molecular weight is 597 g/mol. The monoisotopic (exact) mass is 596 g/mol. The number of phenolic OH excluding ortho intramolecular Hbond substituents is 1. The molecule has 1 N–H and O–H groups in total. The minimum atomic E-state index is -0.333. The number of nitrogens with zero attached hydrogens (tertiary/aromatic N) is 4. The van der Waals surface area contributed by atoms with Crippen LogP contribution < -0.4 is 15.1 Å². The molecule has 45 heavy (non-hydrogen) atoms. The molecule has 1 aliphatic heterocycles. The number of hydrogen-bond acceptors (Lipinski definition) is 8. The van der Waals surface area contributed by atoms with E-state index >= 15 is 0 Å². The summed E-state index contributed by atoms with van der Waals surface area (Å²) >= 11 is 0. The van der Waals surface area contributed by atoms with Crippen molar-refractivity contribution >= 4 is 16.8 Å². The lowest BCUT2D eigenvalue weighted by Gasteiger charge is -2.40. The molecule has 0 radical (unpaired) electrons. The van der Waals surface area contributed by atoms with Gasteiger partial charge in [-0.1, -0.05) is 91.0 Å². The van der Waals surface area contributed by atoms with Gasteiger partial charge in [0.15, 0.2) is 5.43 Å². The summed E-state index contributed by atoms with van der Waals surface area (Å²) in [6.07, 6.45) is 0. The Morgan fingerprint density at radius 2 is 1.40 bits per heavy atom. The molecule has 7 rings (SSSR count). The number of ether oxygens (including phenoxy) is 1. The molecule has 0 saturated carbocycles. The van der Waals surface area contributed by atoms with Crippen molar-refractivity contribution in [3.8, 4) is 28.7 Å². The first kappa shape index (κ1) is 28.3. The highest BCUT2D eigenvalue weighted by Gasteiger charge is 2.27. The molecule has 0 amide bonds. The van der Waals surface area contributed by atoms with Crippen LogP contribution in [-0.4, -0.2) is 46.2 Å². The van der Waals surface area contributed by atoms with Crippen LogP contribution in [0, 0.1) is 6.92 Å². The minimum absolute atomic E-state index is 0.101. The number of aromatic nitrogens is 2. The molecule has 0 unspecified atom stereocenters. The zero-order chi connectivity index (χ0) is 30.8. The highest BCUT2D eigenvalue weighted by Crippen LogP contribution is 2.34. The Labute approximate surface area is 260 Å². The van der Waals surface area contributed by atoms with Crippen molar-refractivity contribution in [3.63, 3.8) is 0 Å². The second kappa shape index (κ2) is 12.3. The minimum Gasteiger partial charge on any atom is -0.507 e. The number of rotatable bonds is 7. The fourth-order valence-electron chi connectivity index (χ4n) is 6.00. The predicted octanol–water partition coefficient (Wildman–Crippen LogP) is 6.97. The summed E-state index contributed by atoms with van der Waals surface area (Å²) in [6.45, 7) is 5.12. The van der Waals surface area contributed by atoms with Crippen molar-refractivity contribution in [1.82, 2.24) is 14.9 Å². The number of piperazine rings is 1. The van der Waals surface area contributed by atoms with Crippen LogP contribution in [-0.2, 0) is 0 Å². The third-order valence-electron chi connectivity index (χ3n) is 8.10. The standard InChI is InChI=1S/C37H32N4O4/c1-25-38-34(40-17-19-41(20-18-40)37(27-13-7-3-8-14-27)28-15-9-4-10-16-28)24-35(39-25)44-29-21-30(42)36-31(43)23-32(45-33(36)22-29)26-11-5-2-6-12-26/h2-16,21-24,37,42H,17-20H2,1H3. The van der Waals surface area contributed by atoms with Gasteiger partial charge >= 0.3 is 0 Å². The van der Waals surface area contributed by atoms with E-state index in [1.54, 1.807) is 6.07 Å². The molecule has 1 saturated heterocycles.